The van der Waals surface area contributed by atoms with Crippen LogP contribution in [0, 0.1) is 6.92 Å². The fraction of sp³-hybridized carbons (Fsp3) is 0.524. The van der Waals surface area contributed by atoms with Crippen molar-refractivity contribution in [1.29, 1.82) is 0 Å². The van der Waals surface area contributed by atoms with Crippen LogP contribution in [0.5, 0.6) is 0 Å². The van der Waals surface area contributed by atoms with E-state index in [0.29, 0.717) is 0 Å². The Bertz CT molecular complexity index is 764. The Morgan fingerprint density at radius 1 is 1.21 bits per heavy atom. The molecule has 2 aromatic rings. The number of aromatic nitrogens is 2. The number of nitrogens with zero attached hydrogens (tertiary/aromatic N) is 5. The van der Waals surface area contributed by atoms with E-state index in [2.05, 4.69) is 41.8 Å². The van der Waals surface area contributed by atoms with E-state index in [1.54, 1.807) is 0 Å². The van der Waals surface area contributed by atoms with Crippen molar-refractivity contribution in [1.82, 2.24) is 24.7 Å². The molecule has 0 bridgehead atoms. The van der Waals surface area contributed by atoms with Gasteiger partial charge in [-0.05, 0) is 37.5 Å². The number of guanidine groups is 1. The third kappa shape index (κ3) is 5.97. The predicted octanol–water partition coefficient (Wildman–Crippen LogP) is 3.02. The molecule has 0 spiro atoms. The normalized spacial score (nSPS) is 15.8. The van der Waals surface area contributed by atoms with Crippen LogP contribution in [0.2, 0.25) is 5.02 Å². The highest BCUT2D eigenvalue weighted by Gasteiger charge is 2.19. The van der Waals surface area contributed by atoms with E-state index in [-0.39, 0.29) is 0 Å². The smallest absolute Gasteiger partial charge is 0.193 e. The average molecular weight is 403 g/mol. The Kier molecular flexibility index (Phi) is 7.74. The molecule has 0 radical (unpaired) electrons. The molecule has 0 amide bonds. The second-order valence-electron chi connectivity index (χ2n) is 7.24. The van der Waals surface area contributed by atoms with Gasteiger partial charge in [0.15, 0.2) is 5.96 Å². The fourth-order valence-electron chi connectivity index (χ4n) is 3.59. The molecule has 0 atom stereocenters. The Hall–Kier alpha value is -2.05. The van der Waals surface area contributed by atoms with E-state index in [1.165, 1.54) is 5.56 Å². The molecule has 1 aliphatic heterocycles. The Morgan fingerprint density at radius 2 is 2.04 bits per heavy atom. The molecule has 28 heavy (non-hydrogen) atoms. The molecule has 1 fully saturated rings. The van der Waals surface area contributed by atoms with Gasteiger partial charge in [0.1, 0.15) is 5.82 Å². The third-order valence-corrected chi connectivity index (χ3v) is 5.45. The largest absolute Gasteiger partial charge is 0.356 e. The van der Waals surface area contributed by atoms with Crippen molar-refractivity contribution < 1.29 is 0 Å². The highest BCUT2D eigenvalue weighted by molar-refractivity contribution is 6.30. The van der Waals surface area contributed by atoms with Crippen LogP contribution in [0.25, 0.3) is 0 Å². The molecular weight excluding hydrogens is 372 g/mol. The summed E-state index contributed by atoms with van der Waals surface area (Å²) >= 11 is 6.10. The zero-order valence-electron chi connectivity index (χ0n) is 16.9. The van der Waals surface area contributed by atoms with Crippen LogP contribution in [0.4, 0.5) is 0 Å². The van der Waals surface area contributed by atoms with Gasteiger partial charge in [-0.1, -0.05) is 23.7 Å². The van der Waals surface area contributed by atoms with Gasteiger partial charge in [-0.3, -0.25) is 9.89 Å². The molecule has 152 valence electrons. The first-order chi connectivity index (χ1) is 13.7. The van der Waals surface area contributed by atoms with E-state index in [1.807, 2.05) is 38.5 Å². The lowest BCUT2D eigenvalue weighted by molar-refractivity contribution is 0.172. The number of rotatable bonds is 7. The molecule has 1 aromatic heterocycles. The number of imidazole rings is 1. The first kappa shape index (κ1) is 20.7. The van der Waals surface area contributed by atoms with Crippen LogP contribution >= 0.6 is 11.6 Å². The highest BCUT2D eigenvalue weighted by atomic mass is 35.5. The van der Waals surface area contributed by atoms with Crippen LogP contribution in [-0.2, 0) is 13.1 Å². The summed E-state index contributed by atoms with van der Waals surface area (Å²) in [6.45, 7) is 9.03. The second kappa shape index (κ2) is 10.5. The van der Waals surface area contributed by atoms with Gasteiger partial charge in [0.25, 0.3) is 0 Å². The second-order valence-corrected chi connectivity index (χ2v) is 7.68. The van der Waals surface area contributed by atoms with Gasteiger partial charge >= 0.3 is 0 Å². The van der Waals surface area contributed by atoms with Gasteiger partial charge in [0.05, 0.1) is 0 Å². The van der Waals surface area contributed by atoms with Gasteiger partial charge in [0.2, 0.25) is 0 Å². The lowest BCUT2D eigenvalue weighted by atomic mass is 10.2. The lowest BCUT2D eigenvalue weighted by Gasteiger charge is -2.36. The fourth-order valence-corrected chi connectivity index (χ4v) is 3.80. The molecule has 1 aromatic carbocycles. The summed E-state index contributed by atoms with van der Waals surface area (Å²) in [4.78, 5) is 13.6. The topological polar surface area (TPSA) is 48.7 Å². The zero-order valence-corrected chi connectivity index (χ0v) is 17.7. The molecule has 2 heterocycles. The van der Waals surface area contributed by atoms with Crippen molar-refractivity contribution in [2.45, 2.75) is 32.9 Å². The summed E-state index contributed by atoms with van der Waals surface area (Å²) in [5.74, 6) is 2.10. The standard InChI is InChI=1S/C21H31ClN6/c1-18-24-9-11-27(18)10-4-3-8-25-21(23-2)28-14-12-26(13-15-28)17-19-6-5-7-20(22)16-19/h5-7,9,11,16H,3-4,8,10,12-15,17H2,1-2H3,(H,23,25). The van der Waals surface area contributed by atoms with Gasteiger partial charge in [-0.25, -0.2) is 4.98 Å². The number of unbranched alkanes of at least 4 members (excludes halogenated alkanes) is 1. The number of hydrogen-bond acceptors (Lipinski definition) is 3. The summed E-state index contributed by atoms with van der Waals surface area (Å²) in [5.41, 5.74) is 1.27. The maximum atomic E-state index is 6.10. The Morgan fingerprint density at radius 3 is 2.71 bits per heavy atom. The van der Waals surface area contributed by atoms with Crippen molar-refractivity contribution in [3.63, 3.8) is 0 Å². The minimum atomic E-state index is 0.809. The molecular formula is C21H31ClN6. The maximum Gasteiger partial charge on any atom is 0.193 e. The quantitative estimate of drug-likeness (QED) is 0.439. The van der Waals surface area contributed by atoms with Crippen LogP contribution in [0.1, 0.15) is 24.2 Å². The van der Waals surface area contributed by atoms with Crippen LogP contribution < -0.4 is 5.32 Å². The van der Waals surface area contributed by atoms with E-state index >= 15 is 0 Å². The van der Waals surface area contributed by atoms with Gasteiger partial charge < -0.3 is 14.8 Å². The number of halogens is 1. The Labute approximate surface area is 173 Å². The van der Waals surface area contributed by atoms with Crippen molar-refractivity contribution in [2.75, 3.05) is 39.8 Å². The molecule has 0 aliphatic carbocycles. The minimum absolute atomic E-state index is 0.809. The lowest BCUT2D eigenvalue weighted by Crippen LogP contribution is -2.52. The van der Waals surface area contributed by atoms with Crippen molar-refractivity contribution in [3.05, 3.63) is 53.1 Å². The van der Waals surface area contributed by atoms with Crippen molar-refractivity contribution in [3.8, 4) is 0 Å². The van der Waals surface area contributed by atoms with Crippen LogP contribution in [-0.4, -0.2) is 65.1 Å². The molecule has 3 rings (SSSR count). The summed E-state index contributed by atoms with van der Waals surface area (Å²) in [7, 11) is 1.87. The number of piperazine rings is 1. The Balaban J connectivity index is 1.36. The molecule has 1 N–H and O–H groups in total. The monoisotopic (exact) mass is 402 g/mol. The molecule has 1 saturated heterocycles. The third-order valence-electron chi connectivity index (χ3n) is 5.21. The summed E-state index contributed by atoms with van der Waals surface area (Å²) in [6.07, 6.45) is 6.16. The molecule has 6 nitrogen and oxygen atoms in total. The number of aliphatic imine (C=N–C) groups is 1. The van der Waals surface area contributed by atoms with Crippen LogP contribution in [0.15, 0.2) is 41.7 Å². The number of aryl methyl sites for hydroxylation is 2. The summed E-state index contributed by atoms with van der Waals surface area (Å²) < 4.78 is 2.20. The van der Waals surface area contributed by atoms with Gasteiger partial charge in [-0.15, -0.1) is 0 Å². The van der Waals surface area contributed by atoms with Crippen molar-refractivity contribution in [2.24, 2.45) is 4.99 Å². The molecule has 0 saturated carbocycles. The zero-order chi connectivity index (χ0) is 19.8. The number of nitrogens with one attached hydrogen (secondary N) is 1. The number of hydrogen-bond donors (Lipinski definition) is 1. The average Bonchev–Trinajstić information content (AvgIpc) is 3.10. The molecule has 0 unspecified atom stereocenters. The van der Waals surface area contributed by atoms with Gasteiger partial charge in [0, 0.05) is 70.3 Å². The first-order valence-corrected chi connectivity index (χ1v) is 10.4. The maximum absolute atomic E-state index is 6.10. The van der Waals surface area contributed by atoms with E-state index in [9.17, 15) is 0 Å². The summed E-state index contributed by atoms with van der Waals surface area (Å²) in [6, 6.07) is 8.15. The summed E-state index contributed by atoms with van der Waals surface area (Å²) in [5, 5.41) is 4.33. The molecule has 1 aliphatic rings. The van der Waals surface area contributed by atoms with E-state index < -0.39 is 0 Å². The predicted molar refractivity (Wildman–Crippen MR) is 116 cm³/mol. The SMILES string of the molecule is CN=C(NCCCCn1ccnc1C)N1CCN(Cc2cccc(Cl)c2)CC1. The highest BCUT2D eigenvalue weighted by Crippen LogP contribution is 2.14. The molecule has 7 heteroatoms. The van der Waals surface area contributed by atoms with E-state index in [0.717, 1.165) is 75.5 Å². The van der Waals surface area contributed by atoms with E-state index in [4.69, 9.17) is 11.6 Å². The van der Waals surface area contributed by atoms with Gasteiger partial charge in [-0.2, -0.15) is 0 Å². The first-order valence-electron chi connectivity index (χ1n) is 10.1. The van der Waals surface area contributed by atoms with Crippen LogP contribution in [0.3, 0.4) is 0 Å². The number of benzene rings is 1. The minimum Gasteiger partial charge on any atom is -0.356 e. The van der Waals surface area contributed by atoms with Crippen molar-refractivity contribution >= 4 is 17.6 Å².